The summed E-state index contributed by atoms with van der Waals surface area (Å²) in [5.41, 5.74) is 2.19. The number of benzene rings is 1. The highest BCUT2D eigenvalue weighted by molar-refractivity contribution is 7.10. The molecule has 94 valence electrons. The number of aryl methyl sites for hydroxylation is 1. The molecule has 0 spiro atoms. The summed E-state index contributed by atoms with van der Waals surface area (Å²) < 4.78 is 0. The predicted molar refractivity (Wildman–Crippen MR) is 77.1 cm³/mol. The van der Waals surface area contributed by atoms with Gasteiger partial charge in [0.25, 0.3) is 0 Å². The maximum absolute atomic E-state index is 11.8. The molecule has 0 atom stereocenters. The molecule has 0 saturated heterocycles. The van der Waals surface area contributed by atoms with Crippen molar-refractivity contribution in [1.29, 1.82) is 0 Å². The zero-order valence-electron chi connectivity index (χ0n) is 10.5. The first kappa shape index (κ1) is 12.8. The van der Waals surface area contributed by atoms with E-state index in [0.29, 0.717) is 6.42 Å². The molecular formula is C15H17NOS. The van der Waals surface area contributed by atoms with Crippen molar-refractivity contribution in [1.82, 2.24) is 0 Å². The fraction of sp³-hybridized carbons (Fsp3) is 0.267. The van der Waals surface area contributed by atoms with E-state index in [1.54, 1.807) is 11.3 Å². The van der Waals surface area contributed by atoms with E-state index in [-0.39, 0.29) is 5.91 Å². The summed E-state index contributed by atoms with van der Waals surface area (Å²) in [5, 5.41) is 4.91. The Bertz CT molecular complexity index is 488. The van der Waals surface area contributed by atoms with Crippen LogP contribution in [-0.4, -0.2) is 5.91 Å². The zero-order chi connectivity index (χ0) is 12.8. The molecule has 1 heterocycles. The number of rotatable bonds is 5. The van der Waals surface area contributed by atoms with Gasteiger partial charge in [0.15, 0.2) is 0 Å². The summed E-state index contributed by atoms with van der Waals surface area (Å²) in [6, 6.07) is 12.0. The lowest BCUT2D eigenvalue weighted by Crippen LogP contribution is -2.13. The topological polar surface area (TPSA) is 29.1 Å². The van der Waals surface area contributed by atoms with E-state index in [2.05, 4.69) is 24.4 Å². The molecule has 2 nitrogen and oxygen atoms in total. The smallest absolute Gasteiger partial charge is 0.229 e. The molecule has 0 aliphatic heterocycles. The van der Waals surface area contributed by atoms with Gasteiger partial charge in [-0.15, -0.1) is 11.3 Å². The minimum Gasteiger partial charge on any atom is -0.326 e. The molecule has 1 N–H and O–H groups in total. The summed E-state index contributed by atoms with van der Waals surface area (Å²) in [6.45, 7) is 2.16. The van der Waals surface area contributed by atoms with Gasteiger partial charge in [-0.2, -0.15) is 0 Å². The Morgan fingerprint density at radius 1 is 1.22 bits per heavy atom. The average molecular weight is 259 g/mol. The lowest BCUT2D eigenvalue weighted by atomic mass is 10.1. The van der Waals surface area contributed by atoms with Crippen LogP contribution < -0.4 is 5.32 Å². The van der Waals surface area contributed by atoms with Crippen LogP contribution in [0.4, 0.5) is 5.69 Å². The Morgan fingerprint density at radius 2 is 2.00 bits per heavy atom. The molecule has 0 radical (unpaired) electrons. The Labute approximate surface area is 112 Å². The zero-order valence-corrected chi connectivity index (χ0v) is 11.3. The van der Waals surface area contributed by atoms with Gasteiger partial charge in [-0.05, 0) is 35.6 Å². The highest BCUT2D eigenvalue weighted by Crippen LogP contribution is 2.13. The van der Waals surface area contributed by atoms with Crippen LogP contribution >= 0.6 is 11.3 Å². The molecule has 2 aromatic rings. The molecule has 2 rings (SSSR count). The van der Waals surface area contributed by atoms with E-state index in [1.165, 1.54) is 5.56 Å². The first-order valence-electron chi connectivity index (χ1n) is 6.19. The van der Waals surface area contributed by atoms with E-state index < -0.39 is 0 Å². The number of hydrogen-bond acceptors (Lipinski definition) is 2. The van der Waals surface area contributed by atoms with Gasteiger partial charge in [0.2, 0.25) is 5.91 Å². The second-order valence-electron chi connectivity index (χ2n) is 4.25. The number of nitrogens with one attached hydrogen (secondary N) is 1. The van der Waals surface area contributed by atoms with E-state index in [9.17, 15) is 4.79 Å². The molecule has 0 fully saturated rings. The largest absolute Gasteiger partial charge is 0.326 e. The quantitative estimate of drug-likeness (QED) is 0.867. The van der Waals surface area contributed by atoms with Crippen molar-refractivity contribution in [2.75, 3.05) is 5.32 Å². The fourth-order valence-corrected chi connectivity index (χ4v) is 2.52. The highest BCUT2D eigenvalue weighted by Gasteiger charge is 2.04. The molecule has 0 bridgehead atoms. The first-order chi connectivity index (χ1) is 8.78. The number of anilines is 1. The standard InChI is InChI=1S/C15H17NOS/c1-2-4-12-6-8-13(9-7-12)16-15(17)11-14-5-3-10-18-14/h3,5-10H,2,4,11H2,1H3,(H,16,17). The van der Waals surface area contributed by atoms with Gasteiger partial charge in [0.05, 0.1) is 6.42 Å². The second-order valence-corrected chi connectivity index (χ2v) is 5.28. The normalized spacial score (nSPS) is 10.3. The number of hydrogen-bond donors (Lipinski definition) is 1. The van der Waals surface area contributed by atoms with Crippen molar-refractivity contribution in [3.63, 3.8) is 0 Å². The molecule has 3 heteroatoms. The molecule has 0 saturated carbocycles. The van der Waals surface area contributed by atoms with E-state index in [1.807, 2.05) is 29.6 Å². The van der Waals surface area contributed by atoms with Crippen LogP contribution in [0.15, 0.2) is 41.8 Å². The minimum atomic E-state index is 0.0423. The lowest BCUT2D eigenvalue weighted by molar-refractivity contribution is -0.115. The highest BCUT2D eigenvalue weighted by atomic mass is 32.1. The second kappa shape index (κ2) is 6.36. The maximum Gasteiger partial charge on any atom is 0.229 e. The maximum atomic E-state index is 11.8. The van der Waals surface area contributed by atoms with Crippen LogP contribution in [0.2, 0.25) is 0 Å². The van der Waals surface area contributed by atoms with Crippen LogP contribution in [0.1, 0.15) is 23.8 Å². The van der Waals surface area contributed by atoms with Crippen molar-refractivity contribution in [3.05, 3.63) is 52.2 Å². The first-order valence-corrected chi connectivity index (χ1v) is 7.07. The lowest BCUT2D eigenvalue weighted by Gasteiger charge is -2.05. The molecule has 1 aromatic heterocycles. The SMILES string of the molecule is CCCc1ccc(NC(=O)Cc2cccs2)cc1. The molecule has 0 unspecified atom stereocenters. The number of carbonyl (C=O) groups excluding carboxylic acids is 1. The van der Waals surface area contributed by atoms with Crippen LogP contribution in [0.5, 0.6) is 0 Å². The Morgan fingerprint density at radius 3 is 2.61 bits per heavy atom. The van der Waals surface area contributed by atoms with E-state index in [0.717, 1.165) is 23.4 Å². The fourth-order valence-electron chi connectivity index (χ4n) is 1.82. The Balaban J connectivity index is 1.90. The van der Waals surface area contributed by atoms with Crippen molar-refractivity contribution in [2.45, 2.75) is 26.2 Å². The van der Waals surface area contributed by atoms with E-state index >= 15 is 0 Å². The van der Waals surface area contributed by atoms with Gasteiger partial charge >= 0.3 is 0 Å². The predicted octanol–water partition coefficient (Wildman–Crippen LogP) is 3.88. The Hall–Kier alpha value is -1.61. The van der Waals surface area contributed by atoms with Gasteiger partial charge in [-0.1, -0.05) is 31.5 Å². The number of thiophene rings is 1. The molecule has 0 aliphatic rings. The van der Waals surface area contributed by atoms with Crippen LogP contribution in [0.3, 0.4) is 0 Å². The van der Waals surface area contributed by atoms with Crippen molar-refractivity contribution in [3.8, 4) is 0 Å². The van der Waals surface area contributed by atoms with Crippen LogP contribution in [0.25, 0.3) is 0 Å². The average Bonchev–Trinajstić information content (AvgIpc) is 2.84. The monoisotopic (exact) mass is 259 g/mol. The van der Waals surface area contributed by atoms with Crippen LogP contribution in [0, 0.1) is 0 Å². The number of amides is 1. The van der Waals surface area contributed by atoms with Gasteiger partial charge in [0.1, 0.15) is 0 Å². The number of carbonyl (C=O) groups is 1. The minimum absolute atomic E-state index is 0.0423. The van der Waals surface area contributed by atoms with Gasteiger partial charge in [-0.3, -0.25) is 4.79 Å². The van der Waals surface area contributed by atoms with Crippen molar-refractivity contribution >= 4 is 22.9 Å². The molecule has 1 aromatic carbocycles. The van der Waals surface area contributed by atoms with E-state index in [4.69, 9.17) is 0 Å². The van der Waals surface area contributed by atoms with Crippen molar-refractivity contribution in [2.24, 2.45) is 0 Å². The summed E-state index contributed by atoms with van der Waals surface area (Å²) in [6.07, 6.45) is 2.68. The third-order valence-corrected chi connectivity index (χ3v) is 3.57. The summed E-state index contributed by atoms with van der Waals surface area (Å²) in [4.78, 5) is 12.9. The molecular weight excluding hydrogens is 242 g/mol. The van der Waals surface area contributed by atoms with Gasteiger partial charge < -0.3 is 5.32 Å². The Kier molecular flexibility index (Phi) is 4.53. The third-order valence-electron chi connectivity index (χ3n) is 2.69. The summed E-state index contributed by atoms with van der Waals surface area (Å²) in [5.74, 6) is 0.0423. The van der Waals surface area contributed by atoms with Crippen LogP contribution in [-0.2, 0) is 17.6 Å². The molecule has 18 heavy (non-hydrogen) atoms. The summed E-state index contributed by atoms with van der Waals surface area (Å²) >= 11 is 1.61. The van der Waals surface area contributed by atoms with Crippen molar-refractivity contribution < 1.29 is 4.79 Å². The van der Waals surface area contributed by atoms with Gasteiger partial charge in [0, 0.05) is 10.6 Å². The molecule has 1 amide bonds. The third kappa shape index (κ3) is 3.70. The molecule has 0 aliphatic carbocycles. The summed E-state index contributed by atoms with van der Waals surface area (Å²) in [7, 11) is 0. The van der Waals surface area contributed by atoms with Gasteiger partial charge in [-0.25, -0.2) is 0 Å².